The second-order valence-corrected chi connectivity index (χ2v) is 10.1. The molecule has 166 valence electrons. The first kappa shape index (κ1) is 21.8. The number of amides is 1. The number of sulfonamides is 1. The highest BCUT2D eigenvalue weighted by Gasteiger charge is 2.31. The van der Waals surface area contributed by atoms with E-state index in [4.69, 9.17) is 4.74 Å². The van der Waals surface area contributed by atoms with Crippen LogP contribution in [0.4, 0.5) is 11.4 Å². The van der Waals surface area contributed by atoms with Crippen LogP contribution < -0.4 is 9.62 Å². The van der Waals surface area contributed by atoms with Crippen LogP contribution in [0.1, 0.15) is 22.8 Å². The van der Waals surface area contributed by atoms with Gasteiger partial charge in [-0.2, -0.15) is 0 Å². The Labute approximate surface area is 189 Å². The van der Waals surface area contributed by atoms with Crippen LogP contribution in [0.25, 0.3) is 0 Å². The van der Waals surface area contributed by atoms with E-state index in [2.05, 4.69) is 4.72 Å². The molecule has 32 heavy (non-hydrogen) atoms. The van der Waals surface area contributed by atoms with E-state index in [1.165, 1.54) is 18.2 Å². The van der Waals surface area contributed by atoms with Crippen molar-refractivity contribution in [1.29, 1.82) is 0 Å². The van der Waals surface area contributed by atoms with Gasteiger partial charge in [-0.15, -0.1) is 11.3 Å². The number of carbonyl (C=O) groups excluding carboxylic acids is 2. The molecule has 2 aromatic carbocycles. The summed E-state index contributed by atoms with van der Waals surface area (Å²) >= 11 is 1.05. The smallest absolute Gasteiger partial charge is 0.342 e. The Bertz CT molecular complexity index is 1270. The number of hydrogen-bond acceptors (Lipinski definition) is 7. The van der Waals surface area contributed by atoms with Gasteiger partial charge < -0.3 is 14.7 Å². The minimum Gasteiger partial charge on any atom is -0.507 e. The Morgan fingerprint density at radius 3 is 2.69 bits per heavy atom. The van der Waals surface area contributed by atoms with Crippen molar-refractivity contribution in [3.8, 4) is 5.75 Å². The lowest BCUT2D eigenvalue weighted by atomic mass is 10.1. The van der Waals surface area contributed by atoms with E-state index in [1.54, 1.807) is 16.3 Å². The second kappa shape index (κ2) is 8.64. The average Bonchev–Trinajstić information content (AvgIpc) is 3.39. The van der Waals surface area contributed by atoms with E-state index < -0.39 is 28.3 Å². The normalized spacial score (nSPS) is 15.3. The summed E-state index contributed by atoms with van der Waals surface area (Å²) < 4.78 is 32.2. The van der Waals surface area contributed by atoms with Crippen LogP contribution in [0, 0.1) is 0 Å². The highest BCUT2D eigenvalue weighted by Crippen LogP contribution is 2.32. The van der Waals surface area contributed by atoms with Crippen LogP contribution >= 0.6 is 11.3 Å². The average molecular weight is 473 g/mol. The summed E-state index contributed by atoms with van der Waals surface area (Å²) in [6.45, 7) is 1.44. The maximum atomic E-state index is 12.7. The molecule has 0 spiro atoms. The number of para-hydroxylation sites is 1. The molecule has 1 atom stereocenters. The second-order valence-electron chi connectivity index (χ2n) is 7.29. The van der Waals surface area contributed by atoms with E-state index in [1.807, 2.05) is 31.2 Å². The SMILES string of the molecule is CC1Cc2ccccc2N1C(=O)COC(=O)c1ccc(NS(=O)(=O)c2cccs2)cc1O. The first-order valence-electron chi connectivity index (χ1n) is 9.72. The Balaban J connectivity index is 1.41. The van der Waals surface area contributed by atoms with E-state index in [9.17, 15) is 23.1 Å². The van der Waals surface area contributed by atoms with Gasteiger partial charge in [0.25, 0.3) is 15.9 Å². The predicted molar refractivity (Wildman–Crippen MR) is 121 cm³/mol. The number of esters is 1. The molecule has 8 nitrogen and oxygen atoms in total. The number of thiophene rings is 1. The summed E-state index contributed by atoms with van der Waals surface area (Å²) in [7, 11) is -3.79. The highest BCUT2D eigenvalue weighted by atomic mass is 32.2. The molecule has 0 fully saturated rings. The summed E-state index contributed by atoms with van der Waals surface area (Å²) in [6, 6.07) is 14.3. The van der Waals surface area contributed by atoms with Crippen molar-refractivity contribution < 1.29 is 27.9 Å². The standard InChI is InChI=1S/C22H20N2O6S2/c1-14-11-15-5-2-3-6-18(15)24(14)20(26)13-30-22(27)17-9-8-16(12-19(17)25)23-32(28,29)21-7-4-10-31-21/h2-10,12,14,23,25H,11,13H2,1H3. The third-order valence-electron chi connectivity index (χ3n) is 5.03. The fraction of sp³-hybridized carbons (Fsp3) is 0.182. The van der Waals surface area contributed by atoms with Gasteiger partial charge in [0.15, 0.2) is 6.61 Å². The molecule has 10 heteroatoms. The maximum Gasteiger partial charge on any atom is 0.342 e. The molecular formula is C22H20N2O6S2. The number of aromatic hydroxyl groups is 1. The number of nitrogens with zero attached hydrogens (tertiary/aromatic N) is 1. The minimum atomic E-state index is -3.79. The van der Waals surface area contributed by atoms with Crippen LogP contribution in [0.15, 0.2) is 64.2 Å². The van der Waals surface area contributed by atoms with Gasteiger partial charge >= 0.3 is 5.97 Å². The number of nitrogens with one attached hydrogen (secondary N) is 1. The molecule has 3 aromatic rings. The zero-order valence-corrected chi connectivity index (χ0v) is 18.7. The van der Waals surface area contributed by atoms with Crippen LogP contribution in [0.2, 0.25) is 0 Å². The summed E-state index contributed by atoms with van der Waals surface area (Å²) in [5.41, 5.74) is 1.77. The number of benzene rings is 2. The van der Waals surface area contributed by atoms with Crippen molar-refractivity contribution >= 4 is 44.6 Å². The summed E-state index contributed by atoms with van der Waals surface area (Å²) in [6.07, 6.45) is 0.722. The number of hydrogen-bond donors (Lipinski definition) is 2. The summed E-state index contributed by atoms with van der Waals surface area (Å²) in [4.78, 5) is 26.7. The van der Waals surface area contributed by atoms with Crippen molar-refractivity contribution in [1.82, 2.24) is 0 Å². The molecule has 1 aliphatic heterocycles. The molecule has 0 saturated carbocycles. The van der Waals surface area contributed by atoms with Gasteiger partial charge in [0, 0.05) is 17.8 Å². The van der Waals surface area contributed by atoms with E-state index >= 15 is 0 Å². The Morgan fingerprint density at radius 1 is 1.19 bits per heavy atom. The molecule has 2 N–H and O–H groups in total. The van der Waals surface area contributed by atoms with Gasteiger partial charge in [-0.3, -0.25) is 9.52 Å². The summed E-state index contributed by atoms with van der Waals surface area (Å²) in [5, 5.41) is 11.8. The topological polar surface area (TPSA) is 113 Å². The fourth-order valence-electron chi connectivity index (χ4n) is 3.61. The number of anilines is 2. The van der Waals surface area contributed by atoms with E-state index in [0.29, 0.717) is 0 Å². The Hall–Kier alpha value is -3.37. The van der Waals surface area contributed by atoms with Crippen molar-refractivity contribution in [2.24, 2.45) is 0 Å². The van der Waals surface area contributed by atoms with E-state index in [0.717, 1.165) is 35.1 Å². The zero-order chi connectivity index (χ0) is 22.9. The van der Waals surface area contributed by atoms with Crippen molar-refractivity contribution in [2.75, 3.05) is 16.2 Å². The monoisotopic (exact) mass is 472 g/mol. The molecule has 1 unspecified atom stereocenters. The van der Waals surface area contributed by atoms with Gasteiger partial charge in [-0.1, -0.05) is 24.3 Å². The van der Waals surface area contributed by atoms with Crippen molar-refractivity contribution in [2.45, 2.75) is 23.6 Å². The Morgan fingerprint density at radius 2 is 1.97 bits per heavy atom. The van der Waals surface area contributed by atoms with Crippen LogP contribution in [0.3, 0.4) is 0 Å². The first-order chi connectivity index (χ1) is 15.3. The molecule has 0 bridgehead atoms. The quantitative estimate of drug-likeness (QED) is 0.532. The lowest BCUT2D eigenvalue weighted by Crippen LogP contribution is -2.38. The van der Waals surface area contributed by atoms with Crippen LogP contribution in [0.5, 0.6) is 5.75 Å². The van der Waals surface area contributed by atoms with Gasteiger partial charge in [0.2, 0.25) is 0 Å². The highest BCUT2D eigenvalue weighted by molar-refractivity contribution is 7.94. The predicted octanol–water partition coefficient (Wildman–Crippen LogP) is 3.39. The van der Waals surface area contributed by atoms with Crippen molar-refractivity contribution in [3.05, 3.63) is 71.1 Å². The molecule has 4 rings (SSSR count). The molecule has 1 aliphatic rings. The number of carbonyl (C=O) groups is 2. The number of rotatable bonds is 6. The van der Waals surface area contributed by atoms with Gasteiger partial charge in [0.1, 0.15) is 15.5 Å². The first-order valence-corrected chi connectivity index (χ1v) is 12.1. The number of phenolic OH excluding ortho intramolecular Hbond substituents is 1. The number of fused-ring (bicyclic) bond motifs is 1. The largest absolute Gasteiger partial charge is 0.507 e. The van der Waals surface area contributed by atoms with Gasteiger partial charge in [-0.05, 0) is 48.6 Å². The van der Waals surface area contributed by atoms with E-state index in [-0.39, 0.29) is 27.4 Å². The maximum absolute atomic E-state index is 12.7. The summed E-state index contributed by atoms with van der Waals surface area (Å²) in [5.74, 6) is -1.71. The molecular weight excluding hydrogens is 452 g/mol. The lowest BCUT2D eigenvalue weighted by Gasteiger charge is -2.22. The minimum absolute atomic E-state index is 0.0531. The molecule has 0 radical (unpaired) electrons. The number of phenols is 1. The molecule has 0 saturated heterocycles. The number of ether oxygens (including phenoxy) is 1. The zero-order valence-electron chi connectivity index (χ0n) is 17.0. The molecule has 1 amide bonds. The third-order valence-corrected chi connectivity index (χ3v) is 7.81. The fourth-order valence-corrected chi connectivity index (χ4v) is 5.65. The van der Waals surface area contributed by atoms with Gasteiger partial charge in [0.05, 0.1) is 5.69 Å². The molecule has 0 aliphatic carbocycles. The third kappa shape index (κ3) is 4.32. The lowest BCUT2D eigenvalue weighted by molar-refractivity contribution is -0.122. The van der Waals surface area contributed by atoms with Crippen LogP contribution in [-0.4, -0.2) is 38.0 Å². The Kier molecular flexibility index (Phi) is 5.90. The molecule has 1 aromatic heterocycles. The van der Waals surface area contributed by atoms with Crippen LogP contribution in [-0.2, 0) is 26.0 Å². The molecule has 2 heterocycles. The van der Waals surface area contributed by atoms with Crippen molar-refractivity contribution in [3.63, 3.8) is 0 Å². The van der Waals surface area contributed by atoms with Gasteiger partial charge in [-0.25, -0.2) is 13.2 Å².